The van der Waals surface area contributed by atoms with Crippen LogP contribution in [-0.4, -0.2) is 58.7 Å². The van der Waals surface area contributed by atoms with Crippen LogP contribution in [0.15, 0.2) is 24.3 Å². The number of fused-ring (bicyclic) bond motifs is 1. The molecule has 0 radical (unpaired) electrons. The molecule has 2 amide bonds. The van der Waals surface area contributed by atoms with E-state index >= 15 is 0 Å². The quantitative estimate of drug-likeness (QED) is 0.673. The smallest absolute Gasteiger partial charge is 0.411 e. The Balaban J connectivity index is 1.75. The zero-order chi connectivity index (χ0) is 23.6. The van der Waals surface area contributed by atoms with E-state index in [1.54, 1.807) is 4.90 Å². The Morgan fingerprint density at radius 3 is 2.53 bits per heavy atom. The van der Waals surface area contributed by atoms with Crippen LogP contribution in [0.5, 0.6) is 0 Å². The summed E-state index contributed by atoms with van der Waals surface area (Å²) in [5.74, 6) is -0.0708. The minimum atomic E-state index is -0.682. The number of anilines is 1. The Morgan fingerprint density at radius 1 is 1.28 bits per heavy atom. The number of aromatic amines is 1. The molecule has 0 bridgehead atoms. The number of ether oxygens (including phenoxy) is 1. The number of nitrogens with one attached hydrogen (secondary N) is 2. The number of H-pyrrole nitrogens is 1. The van der Waals surface area contributed by atoms with Gasteiger partial charge in [-0.15, -0.1) is 0 Å². The van der Waals surface area contributed by atoms with Gasteiger partial charge in [-0.25, -0.2) is 9.18 Å². The number of aromatic nitrogens is 2. The van der Waals surface area contributed by atoms with Crippen LogP contribution in [0.1, 0.15) is 55.7 Å². The predicted octanol–water partition coefficient (Wildman–Crippen LogP) is 3.96. The molecule has 1 aromatic heterocycles. The van der Waals surface area contributed by atoms with Crippen LogP contribution in [0.2, 0.25) is 0 Å². The second-order valence-electron chi connectivity index (χ2n) is 9.43. The molecule has 1 aliphatic heterocycles. The average Bonchev–Trinajstić information content (AvgIpc) is 3.19. The number of carbonyl (C=O) groups is 2. The molecule has 3 rings (SSSR count). The highest BCUT2D eigenvalue weighted by Crippen LogP contribution is 2.41. The summed E-state index contributed by atoms with van der Waals surface area (Å²) in [5.41, 5.74) is 1.11. The van der Waals surface area contributed by atoms with E-state index in [0.29, 0.717) is 23.8 Å². The largest absolute Gasteiger partial charge is 0.445 e. The van der Waals surface area contributed by atoms with Crippen LogP contribution >= 0.6 is 0 Å². The van der Waals surface area contributed by atoms with Crippen LogP contribution in [0, 0.1) is 11.7 Å². The number of rotatable bonds is 7. The van der Waals surface area contributed by atoms with Crippen molar-refractivity contribution in [3.05, 3.63) is 46.9 Å². The van der Waals surface area contributed by atoms with Gasteiger partial charge in [0.2, 0.25) is 0 Å². The van der Waals surface area contributed by atoms with Gasteiger partial charge >= 0.3 is 6.09 Å². The van der Waals surface area contributed by atoms with E-state index in [0.717, 1.165) is 17.7 Å². The lowest BCUT2D eigenvalue weighted by atomic mass is 10.0. The summed E-state index contributed by atoms with van der Waals surface area (Å²) in [4.78, 5) is 29.3. The number of carbonyl (C=O) groups excluding carboxylic acids is 2. The predicted molar refractivity (Wildman–Crippen MR) is 120 cm³/mol. The highest BCUT2D eigenvalue weighted by atomic mass is 19.1. The molecule has 1 aromatic carbocycles. The van der Waals surface area contributed by atoms with Crippen molar-refractivity contribution in [2.24, 2.45) is 5.92 Å². The monoisotopic (exact) mass is 445 g/mol. The van der Waals surface area contributed by atoms with Crippen molar-refractivity contribution >= 4 is 17.8 Å². The Morgan fingerprint density at radius 2 is 1.94 bits per heavy atom. The summed E-state index contributed by atoms with van der Waals surface area (Å²) in [6.07, 6.45) is 0.148. The van der Waals surface area contributed by atoms with Gasteiger partial charge < -0.3 is 15.0 Å². The zero-order valence-electron chi connectivity index (χ0n) is 19.5. The Kier molecular flexibility index (Phi) is 6.88. The zero-order valence-corrected chi connectivity index (χ0v) is 19.5. The minimum Gasteiger partial charge on any atom is -0.445 e. The SMILES string of the molecule is CC(C)C[C@@H](CN(C)C)OC(=O)N1Cc2c(NC(=O)c3ccc(F)cc3)n[nH]c2C1(C)C. The first kappa shape index (κ1) is 23.7. The third-order valence-corrected chi connectivity index (χ3v) is 5.60. The fraction of sp³-hybridized carbons (Fsp3) is 0.522. The molecular weight excluding hydrogens is 413 g/mol. The number of halogens is 1. The van der Waals surface area contributed by atoms with Gasteiger partial charge in [-0.05, 0) is 64.5 Å². The maximum Gasteiger partial charge on any atom is 0.411 e. The van der Waals surface area contributed by atoms with Crippen molar-refractivity contribution in [1.82, 2.24) is 20.0 Å². The van der Waals surface area contributed by atoms with Crippen molar-refractivity contribution in [1.29, 1.82) is 0 Å². The average molecular weight is 446 g/mol. The first-order valence-corrected chi connectivity index (χ1v) is 10.8. The fourth-order valence-electron chi connectivity index (χ4n) is 3.99. The molecule has 1 aliphatic rings. The summed E-state index contributed by atoms with van der Waals surface area (Å²) in [6.45, 7) is 8.92. The molecule has 174 valence electrons. The molecule has 9 heteroatoms. The van der Waals surface area contributed by atoms with E-state index in [-0.39, 0.29) is 12.6 Å². The Hall–Kier alpha value is -2.94. The second-order valence-corrected chi connectivity index (χ2v) is 9.43. The lowest BCUT2D eigenvalue weighted by molar-refractivity contribution is 0.0195. The number of likely N-dealkylation sites (N-methyl/N-ethyl adjacent to an activating group) is 1. The summed E-state index contributed by atoms with van der Waals surface area (Å²) >= 11 is 0. The molecule has 0 saturated heterocycles. The summed E-state index contributed by atoms with van der Waals surface area (Å²) in [6, 6.07) is 5.27. The van der Waals surface area contributed by atoms with E-state index in [1.807, 2.05) is 32.8 Å². The van der Waals surface area contributed by atoms with Gasteiger partial charge in [-0.2, -0.15) is 5.10 Å². The van der Waals surface area contributed by atoms with E-state index in [9.17, 15) is 14.0 Å². The molecule has 0 spiro atoms. The van der Waals surface area contributed by atoms with Crippen LogP contribution < -0.4 is 5.32 Å². The third-order valence-electron chi connectivity index (χ3n) is 5.60. The topological polar surface area (TPSA) is 90.6 Å². The third kappa shape index (κ3) is 5.09. The molecule has 0 fully saturated rings. The lowest BCUT2D eigenvalue weighted by Crippen LogP contribution is -2.44. The van der Waals surface area contributed by atoms with E-state index in [4.69, 9.17) is 4.74 Å². The van der Waals surface area contributed by atoms with Crippen LogP contribution in [0.25, 0.3) is 0 Å². The minimum absolute atomic E-state index is 0.219. The number of hydrogen-bond donors (Lipinski definition) is 2. The highest BCUT2D eigenvalue weighted by molar-refractivity contribution is 6.04. The summed E-state index contributed by atoms with van der Waals surface area (Å²) in [7, 11) is 3.90. The van der Waals surface area contributed by atoms with Crippen molar-refractivity contribution in [2.45, 2.75) is 52.3 Å². The number of benzene rings is 1. The van der Waals surface area contributed by atoms with Crippen molar-refractivity contribution < 1.29 is 18.7 Å². The molecule has 2 aromatic rings. The van der Waals surface area contributed by atoms with Gasteiger partial charge in [0, 0.05) is 17.7 Å². The molecule has 32 heavy (non-hydrogen) atoms. The fourth-order valence-corrected chi connectivity index (χ4v) is 3.99. The molecule has 8 nitrogen and oxygen atoms in total. The standard InChI is InChI=1S/C23H32FN5O3/c1-14(2)11-17(12-28(5)6)32-22(31)29-13-18-19(23(29,3)4)26-27-20(18)25-21(30)15-7-9-16(24)10-8-15/h7-10,14,17H,11-13H2,1-6H3,(H2,25,26,27,30)/t17-/m0/s1. The van der Waals surface area contributed by atoms with E-state index in [1.165, 1.54) is 24.3 Å². The summed E-state index contributed by atoms with van der Waals surface area (Å²) in [5, 5.41) is 9.96. The normalized spacial score (nSPS) is 15.7. The van der Waals surface area contributed by atoms with Gasteiger partial charge in [-0.1, -0.05) is 13.8 Å². The number of amides is 2. The van der Waals surface area contributed by atoms with Gasteiger partial charge in [0.05, 0.1) is 17.8 Å². The van der Waals surface area contributed by atoms with Crippen molar-refractivity contribution in [2.75, 3.05) is 26.0 Å². The Labute approximate surface area is 188 Å². The molecule has 2 heterocycles. The van der Waals surface area contributed by atoms with Gasteiger partial charge in [0.15, 0.2) is 5.82 Å². The number of nitrogens with zero attached hydrogens (tertiary/aromatic N) is 3. The van der Waals surface area contributed by atoms with Gasteiger partial charge in [0.25, 0.3) is 5.91 Å². The van der Waals surface area contributed by atoms with Crippen molar-refractivity contribution in [3.63, 3.8) is 0 Å². The van der Waals surface area contributed by atoms with Gasteiger partial charge in [0.1, 0.15) is 11.9 Å². The second kappa shape index (κ2) is 9.28. The number of hydrogen-bond acceptors (Lipinski definition) is 5. The lowest BCUT2D eigenvalue weighted by Gasteiger charge is -2.33. The maximum absolute atomic E-state index is 13.1. The molecule has 1 atom stereocenters. The van der Waals surface area contributed by atoms with Crippen LogP contribution in [0.4, 0.5) is 15.0 Å². The Bertz CT molecular complexity index is 959. The molecule has 2 N–H and O–H groups in total. The maximum atomic E-state index is 13.1. The molecule has 0 aliphatic carbocycles. The van der Waals surface area contributed by atoms with Crippen LogP contribution in [0.3, 0.4) is 0 Å². The van der Waals surface area contributed by atoms with E-state index < -0.39 is 23.4 Å². The highest BCUT2D eigenvalue weighted by Gasteiger charge is 2.45. The van der Waals surface area contributed by atoms with Crippen LogP contribution in [-0.2, 0) is 16.8 Å². The summed E-state index contributed by atoms with van der Waals surface area (Å²) < 4.78 is 19.0. The molecule has 0 saturated carbocycles. The molecule has 0 unspecified atom stereocenters. The van der Waals surface area contributed by atoms with Crippen molar-refractivity contribution in [3.8, 4) is 0 Å². The first-order chi connectivity index (χ1) is 15.0. The molecular formula is C23H32FN5O3. The first-order valence-electron chi connectivity index (χ1n) is 10.8. The van der Waals surface area contributed by atoms with Gasteiger partial charge in [-0.3, -0.25) is 14.8 Å². The van der Waals surface area contributed by atoms with E-state index in [2.05, 4.69) is 29.4 Å².